The maximum atomic E-state index is 13.3. The summed E-state index contributed by atoms with van der Waals surface area (Å²) < 4.78 is 26.0. The number of rotatable bonds is 6. The number of hydrogen-bond acceptors (Lipinski definition) is 4. The van der Waals surface area contributed by atoms with Crippen LogP contribution in [-0.2, 0) is 17.9 Å². The first-order valence-electron chi connectivity index (χ1n) is 8.98. The van der Waals surface area contributed by atoms with Crippen LogP contribution in [0.1, 0.15) is 16.2 Å². The SMILES string of the molecule is COC[C@@H]1Cn2nc(COc3ccccc3)cc2C(=O)N1c1ccc(F)cc1. The molecule has 28 heavy (non-hydrogen) atoms. The van der Waals surface area contributed by atoms with E-state index in [1.807, 2.05) is 30.3 Å². The van der Waals surface area contributed by atoms with Gasteiger partial charge in [0.2, 0.25) is 0 Å². The second-order valence-electron chi connectivity index (χ2n) is 6.57. The third kappa shape index (κ3) is 3.61. The van der Waals surface area contributed by atoms with Crippen LogP contribution < -0.4 is 9.64 Å². The number of methoxy groups -OCH3 is 1. The molecular weight excluding hydrogens is 361 g/mol. The van der Waals surface area contributed by atoms with Gasteiger partial charge in [-0.2, -0.15) is 5.10 Å². The van der Waals surface area contributed by atoms with Gasteiger partial charge in [-0.15, -0.1) is 0 Å². The Morgan fingerprint density at radius 3 is 2.61 bits per heavy atom. The van der Waals surface area contributed by atoms with Crippen LogP contribution in [0.25, 0.3) is 0 Å². The zero-order chi connectivity index (χ0) is 19.5. The molecule has 0 aliphatic carbocycles. The lowest BCUT2D eigenvalue weighted by Gasteiger charge is -2.35. The molecule has 0 bridgehead atoms. The molecule has 0 saturated heterocycles. The Hall–Kier alpha value is -3.19. The number of anilines is 1. The molecule has 1 aliphatic heterocycles. The van der Waals surface area contributed by atoms with E-state index in [1.165, 1.54) is 12.1 Å². The Morgan fingerprint density at radius 2 is 1.89 bits per heavy atom. The molecule has 1 aliphatic rings. The van der Waals surface area contributed by atoms with Gasteiger partial charge in [0.25, 0.3) is 5.91 Å². The predicted molar refractivity (Wildman–Crippen MR) is 102 cm³/mol. The summed E-state index contributed by atoms with van der Waals surface area (Å²) in [5.41, 5.74) is 1.77. The monoisotopic (exact) mass is 381 g/mol. The van der Waals surface area contributed by atoms with Crippen molar-refractivity contribution in [1.82, 2.24) is 9.78 Å². The summed E-state index contributed by atoms with van der Waals surface area (Å²) in [5.74, 6) is 0.199. The molecule has 0 saturated carbocycles. The topological polar surface area (TPSA) is 56.6 Å². The summed E-state index contributed by atoms with van der Waals surface area (Å²) >= 11 is 0. The quantitative estimate of drug-likeness (QED) is 0.658. The Labute approximate surface area is 162 Å². The fraction of sp³-hybridized carbons (Fsp3) is 0.238. The predicted octanol–water partition coefficient (Wildman–Crippen LogP) is 3.28. The van der Waals surface area contributed by atoms with Crippen molar-refractivity contribution >= 4 is 11.6 Å². The van der Waals surface area contributed by atoms with Gasteiger partial charge >= 0.3 is 0 Å². The number of para-hydroxylation sites is 1. The molecule has 144 valence electrons. The van der Waals surface area contributed by atoms with Gasteiger partial charge in [0, 0.05) is 12.8 Å². The van der Waals surface area contributed by atoms with Crippen LogP contribution in [0, 0.1) is 5.82 Å². The number of fused-ring (bicyclic) bond motifs is 1. The van der Waals surface area contributed by atoms with E-state index in [4.69, 9.17) is 9.47 Å². The van der Waals surface area contributed by atoms with E-state index < -0.39 is 0 Å². The highest BCUT2D eigenvalue weighted by molar-refractivity contribution is 6.06. The lowest BCUT2D eigenvalue weighted by atomic mass is 10.1. The van der Waals surface area contributed by atoms with Crippen LogP contribution in [0.15, 0.2) is 60.7 Å². The summed E-state index contributed by atoms with van der Waals surface area (Å²) in [5, 5.41) is 4.52. The number of ether oxygens (including phenoxy) is 2. The smallest absolute Gasteiger partial charge is 0.276 e. The zero-order valence-corrected chi connectivity index (χ0v) is 15.4. The summed E-state index contributed by atoms with van der Waals surface area (Å²) in [7, 11) is 1.59. The molecule has 7 heteroatoms. The number of aromatic nitrogens is 2. The largest absolute Gasteiger partial charge is 0.487 e. The third-order valence-electron chi connectivity index (χ3n) is 4.61. The Balaban J connectivity index is 1.59. The van der Waals surface area contributed by atoms with Gasteiger partial charge in [-0.25, -0.2) is 4.39 Å². The highest BCUT2D eigenvalue weighted by atomic mass is 19.1. The van der Waals surface area contributed by atoms with Crippen LogP contribution in [0.4, 0.5) is 10.1 Å². The summed E-state index contributed by atoms with van der Waals surface area (Å²) in [6.07, 6.45) is 0. The lowest BCUT2D eigenvalue weighted by molar-refractivity contribution is 0.0899. The van der Waals surface area contributed by atoms with E-state index in [0.717, 1.165) is 5.75 Å². The van der Waals surface area contributed by atoms with E-state index >= 15 is 0 Å². The second-order valence-corrected chi connectivity index (χ2v) is 6.57. The Morgan fingerprint density at radius 1 is 1.14 bits per heavy atom. The van der Waals surface area contributed by atoms with Crippen molar-refractivity contribution in [2.24, 2.45) is 0 Å². The van der Waals surface area contributed by atoms with E-state index in [9.17, 15) is 9.18 Å². The first kappa shape index (κ1) is 18.2. The molecule has 6 nitrogen and oxygen atoms in total. The van der Waals surface area contributed by atoms with E-state index in [0.29, 0.717) is 30.2 Å². The van der Waals surface area contributed by atoms with Gasteiger partial charge in [-0.05, 0) is 42.5 Å². The minimum atomic E-state index is -0.345. The molecule has 0 unspecified atom stereocenters. The van der Waals surface area contributed by atoms with Crippen molar-refractivity contribution in [3.63, 3.8) is 0 Å². The van der Waals surface area contributed by atoms with Crippen LogP contribution in [0.2, 0.25) is 0 Å². The average molecular weight is 381 g/mol. The van der Waals surface area contributed by atoms with Crippen molar-refractivity contribution < 1.29 is 18.7 Å². The highest BCUT2D eigenvalue weighted by Gasteiger charge is 2.35. The molecule has 4 rings (SSSR count). The summed E-state index contributed by atoms with van der Waals surface area (Å²) in [6.45, 7) is 1.10. The molecule has 3 aromatic rings. The number of carbonyl (C=O) groups excluding carboxylic acids is 1. The minimum absolute atomic E-state index is 0.196. The maximum absolute atomic E-state index is 13.3. The number of halogens is 1. The fourth-order valence-electron chi connectivity index (χ4n) is 3.35. The normalized spacial score (nSPS) is 16.1. The van der Waals surface area contributed by atoms with Crippen LogP contribution in [0.3, 0.4) is 0 Å². The lowest BCUT2D eigenvalue weighted by Crippen LogP contribution is -2.50. The number of hydrogen-bond donors (Lipinski definition) is 0. The number of nitrogens with zero attached hydrogens (tertiary/aromatic N) is 3. The van der Waals surface area contributed by atoms with Gasteiger partial charge in [0.15, 0.2) is 0 Å². The number of benzene rings is 2. The Kier molecular flexibility index (Phi) is 5.08. The van der Waals surface area contributed by atoms with Crippen molar-refractivity contribution in [2.75, 3.05) is 18.6 Å². The fourth-order valence-corrected chi connectivity index (χ4v) is 3.35. The molecule has 0 fully saturated rings. The standard InChI is InChI=1S/C21H20FN3O3/c1-27-14-18-12-24-20(21(26)25(18)17-9-7-15(22)8-10-17)11-16(23-24)13-28-19-5-3-2-4-6-19/h2-11,18H,12-14H2,1H3/t18-/m0/s1. The molecule has 0 radical (unpaired) electrons. The molecule has 2 aromatic carbocycles. The van der Waals surface area contributed by atoms with Gasteiger partial charge in [-0.3, -0.25) is 14.4 Å². The molecular formula is C21H20FN3O3. The highest BCUT2D eigenvalue weighted by Crippen LogP contribution is 2.26. The first-order chi connectivity index (χ1) is 13.7. The van der Waals surface area contributed by atoms with Gasteiger partial charge in [0.05, 0.1) is 19.2 Å². The van der Waals surface area contributed by atoms with Crippen molar-refractivity contribution in [3.8, 4) is 5.75 Å². The number of amides is 1. The number of carbonyl (C=O) groups is 1. The average Bonchev–Trinajstić information content (AvgIpc) is 3.12. The molecule has 2 heterocycles. The van der Waals surface area contributed by atoms with Gasteiger partial charge in [0.1, 0.15) is 29.6 Å². The van der Waals surface area contributed by atoms with Crippen molar-refractivity contribution in [3.05, 3.63) is 77.9 Å². The second kappa shape index (κ2) is 7.82. The summed E-state index contributed by atoms with van der Waals surface area (Å²) in [6, 6.07) is 16.8. The first-order valence-corrected chi connectivity index (χ1v) is 8.98. The van der Waals surface area contributed by atoms with Crippen molar-refractivity contribution in [1.29, 1.82) is 0 Å². The minimum Gasteiger partial charge on any atom is -0.487 e. The zero-order valence-electron chi connectivity index (χ0n) is 15.4. The Bertz CT molecular complexity index is 957. The van der Waals surface area contributed by atoms with E-state index in [2.05, 4.69) is 5.10 Å². The van der Waals surface area contributed by atoms with Gasteiger partial charge < -0.3 is 9.47 Å². The molecule has 0 spiro atoms. The van der Waals surface area contributed by atoms with E-state index in [-0.39, 0.29) is 24.4 Å². The van der Waals surface area contributed by atoms with E-state index in [1.54, 1.807) is 34.9 Å². The molecule has 1 aromatic heterocycles. The molecule has 1 atom stereocenters. The molecule has 1 amide bonds. The van der Waals surface area contributed by atoms with Gasteiger partial charge in [-0.1, -0.05) is 18.2 Å². The van der Waals surface area contributed by atoms with Crippen LogP contribution in [-0.4, -0.2) is 35.4 Å². The molecule has 0 N–H and O–H groups in total. The summed E-state index contributed by atoms with van der Waals surface area (Å²) in [4.78, 5) is 14.8. The maximum Gasteiger partial charge on any atom is 0.276 e. The van der Waals surface area contributed by atoms with Crippen LogP contribution >= 0.6 is 0 Å². The third-order valence-corrected chi connectivity index (χ3v) is 4.61. The van der Waals surface area contributed by atoms with Crippen LogP contribution in [0.5, 0.6) is 5.75 Å². The van der Waals surface area contributed by atoms with Crippen molar-refractivity contribution in [2.45, 2.75) is 19.2 Å².